The molecule has 18 heteroatoms. The largest absolute Gasteiger partial charge is 0.332 e. The number of thioether (sulfide) groups is 1. The SMILES string of the molecule is CCc1nc2c(c3c1C(=O)C(Sc1cccc(Br)c1)=CC3=O)c(=O)n(C)c(=O)n2C.CCc1nc2c(c3c1C(=O)C=CC3=O)c(=O)n(C)c(=O)n2C.Sc1cccc(Br)c1. The number of nitrogens with zero attached hydrogens (tertiary/aromatic N) is 6. The predicted octanol–water partition coefficient (Wildman–Crippen LogP) is 5.88. The summed E-state index contributed by atoms with van der Waals surface area (Å²) in [6.07, 6.45) is 4.38. The third-order valence-corrected chi connectivity index (χ3v) is 11.9. The third kappa shape index (κ3) is 8.03. The summed E-state index contributed by atoms with van der Waals surface area (Å²) in [5.74, 6) is -1.57. The van der Waals surface area contributed by atoms with Crippen molar-refractivity contribution in [2.45, 2.75) is 36.5 Å². The number of halogens is 2. The van der Waals surface area contributed by atoms with Crippen LogP contribution in [0.15, 0.2) is 110 Å². The molecule has 306 valence electrons. The molecule has 4 aromatic heterocycles. The average molecular weight is 975 g/mol. The van der Waals surface area contributed by atoms with Crippen molar-refractivity contribution < 1.29 is 19.2 Å². The van der Waals surface area contributed by atoms with E-state index in [1.807, 2.05) is 55.5 Å². The second-order valence-electron chi connectivity index (χ2n) is 13.4. The van der Waals surface area contributed by atoms with Crippen LogP contribution in [-0.4, -0.2) is 51.4 Å². The number of aromatic nitrogens is 6. The van der Waals surface area contributed by atoms with E-state index in [1.54, 1.807) is 6.92 Å². The van der Waals surface area contributed by atoms with Crippen molar-refractivity contribution in [3.8, 4) is 0 Å². The molecule has 60 heavy (non-hydrogen) atoms. The summed E-state index contributed by atoms with van der Waals surface area (Å²) < 4.78 is 6.20. The van der Waals surface area contributed by atoms with Crippen LogP contribution in [0.1, 0.15) is 66.7 Å². The molecule has 8 rings (SSSR count). The maximum absolute atomic E-state index is 13.4. The Morgan fingerprint density at radius 1 is 0.600 bits per heavy atom. The number of allylic oxidation sites excluding steroid dienone is 4. The molecule has 0 unspecified atom stereocenters. The van der Waals surface area contributed by atoms with Crippen LogP contribution in [0.2, 0.25) is 0 Å². The predicted molar refractivity (Wildman–Crippen MR) is 239 cm³/mol. The van der Waals surface area contributed by atoms with Gasteiger partial charge < -0.3 is 0 Å². The van der Waals surface area contributed by atoms with Gasteiger partial charge in [0.1, 0.15) is 11.3 Å². The first-order valence-electron chi connectivity index (χ1n) is 18.1. The Hall–Kier alpha value is -5.56. The van der Waals surface area contributed by atoms with Crippen molar-refractivity contribution in [2.24, 2.45) is 28.2 Å². The van der Waals surface area contributed by atoms with Gasteiger partial charge in [-0.1, -0.05) is 69.6 Å². The van der Waals surface area contributed by atoms with E-state index in [4.69, 9.17) is 0 Å². The summed E-state index contributed by atoms with van der Waals surface area (Å²) in [4.78, 5) is 111. The van der Waals surface area contributed by atoms with E-state index in [0.29, 0.717) is 24.2 Å². The molecule has 4 heterocycles. The number of hydrogen-bond donors (Lipinski definition) is 1. The fourth-order valence-electron chi connectivity index (χ4n) is 6.69. The lowest BCUT2D eigenvalue weighted by Gasteiger charge is -2.20. The van der Waals surface area contributed by atoms with E-state index in [2.05, 4.69) is 54.5 Å². The molecular weight excluding hydrogens is 940 g/mol. The minimum absolute atomic E-state index is 0.00657. The number of pyridine rings is 2. The first kappa shape index (κ1) is 44.0. The van der Waals surface area contributed by atoms with Gasteiger partial charge in [-0.2, -0.15) is 0 Å². The lowest BCUT2D eigenvalue weighted by molar-refractivity contribution is 0.0991. The van der Waals surface area contributed by atoms with Crippen molar-refractivity contribution in [3.05, 3.63) is 156 Å². The molecule has 2 aliphatic carbocycles. The molecule has 0 atom stereocenters. The first-order chi connectivity index (χ1) is 28.4. The lowest BCUT2D eigenvalue weighted by Crippen LogP contribution is -2.39. The Bertz CT molecular complexity index is 3180. The number of hydrogen-bond acceptors (Lipinski definition) is 12. The van der Waals surface area contributed by atoms with Gasteiger partial charge in [-0.05, 0) is 61.4 Å². The molecule has 0 radical (unpaired) electrons. The van der Waals surface area contributed by atoms with Crippen molar-refractivity contribution in [3.63, 3.8) is 0 Å². The van der Waals surface area contributed by atoms with Gasteiger partial charge in [0, 0.05) is 53.0 Å². The van der Waals surface area contributed by atoms with Gasteiger partial charge in [0.05, 0.1) is 49.3 Å². The molecule has 0 fully saturated rings. The first-order valence-corrected chi connectivity index (χ1v) is 21.0. The summed E-state index contributed by atoms with van der Waals surface area (Å²) in [5, 5.41) is 0.00686. The van der Waals surface area contributed by atoms with Gasteiger partial charge in [-0.25, -0.2) is 19.6 Å². The molecule has 0 bridgehead atoms. The van der Waals surface area contributed by atoms with Crippen molar-refractivity contribution in [1.29, 1.82) is 0 Å². The van der Waals surface area contributed by atoms with Crippen LogP contribution >= 0.6 is 56.3 Å². The van der Waals surface area contributed by atoms with Crippen LogP contribution in [-0.2, 0) is 41.0 Å². The smallest absolute Gasteiger partial charge is 0.289 e. The molecule has 2 aliphatic rings. The molecule has 2 aromatic carbocycles. The number of benzene rings is 2. The van der Waals surface area contributed by atoms with E-state index in [1.165, 1.54) is 61.2 Å². The minimum atomic E-state index is -0.642. The van der Waals surface area contributed by atoms with Crippen molar-refractivity contribution in [1.82, 2.24) is 28.2 Å². The zero-order valence-electron chi connectivity index (χ0n) is 32.8. The highest BCUT2D eigenvalue weighted by atomic mass is 79.9. The number of ketones is 4. The zero-order chi connectivity index (χ0) is 43.9. The van der Waals surface area contributed by atoms with Crippen LogP contribution in [0.3, 0.4) is 0 Å². The van der Waals surface area contributed by atoms with Crippen LogP contribution in [0.5, 0.6) is 0 Å². The fraction of sp³-hybridized carbons (Fsp3) is 0.190. The molecule has 0 spiro atoms. The number of carbonyl (C=O) groups excluding carboxylic acids is 4. The monoisotopic (exact) mass is 972 g/mol. The molecule has 0 aliphatic heterocycles. The van der Waals surface area contributed by atoms with Gasteiger partial charge >= 0.3 is 11.4 Å². The molecule has 6 aromatic rings. The Labute approximate surface area is 367 Å². The summed E-state index contributed by atoms with van der Waals surface area (Å²) in [6.45, 7) is 3.61. The molecular formula is C42H34Br2N6O8S2. The van der Waals surface area contributed by atoms with Crippen LogP contribution < -0.4 is 22.5 Å². The second-order valence-corrected chi connectivity index (χ2v) is 16.9. The van der Waals surface area contributed by atoms with Gasteiger partial charge in [0.2, 0.25) is 5.78 Å². The van der Waals surface area contributed by atoms with E-state index in [9.17, 15) is 38.4 Å². The zero-order valence-corrected chi connectivity index (χ0v) is 37.7. The highest BCUT2D eigenvalue weighted by Crippen LogP contribution is 2.37. The number of Topliss-reactive ketones (excluding diaryl/α,β-unsaturated/α-hetero) is 1. The summed E-state index contributed by atoms with van der Waals surface area (Å²) >= 11 is 12.0. The fourth-order valence-corrected chi connectivity index (χ4v) is 8.99. The molecule has 0 saturated heterocycles. The van der Waals surface area contributed by atoms with Crippen LogP contribution in [0, 0.1) is 0 Å². The van der Waals surface area contributed by atoms with Gasteiger partial charge in [0.15, 0.2) is 17.3 Å². The number of thiol groups is 1. The lowest BCUT2D eigenvalue weighted by atomic mass is 9.90. The van der Waals surface area contributed by atoms with Crippen molar-refractivity contribution in [2.75, 3.05) is 0 Å². The Morgan fingerprint density at radius 2 is 1.07 bits per heavy atom. The average Bonchev–Trinajstić information content (AvgIpc) is 3.22. The van der Waals surface area contributed by atoms with E-state index < -0.39 is 34.1 Å². The maximum atomic E-state index is 13.4. The normalized spacial score (nSPS) is 13.1. The molecule has 14 nitrogen and oxygen atoms in total. The van der Waals surface area contributed by atoms with Gasteiger partial charge in [-0.15, -0.1) is 12.6 Å². The van der Waals surface area contributed by atoms with Crippen molar-refractivity contribution >= 4 is 101 Å². The van der Waals surface area contributed by atoms with Crippen LogP contribution in [0.4, 0.5) is 0 Å². The summed E-state index contributed by atoms with van der Waals surface area (Å²) in [7, 11) is 5.63. The van der Waals surface area contributed by atoms with E-state index >= 15 is 0 Å². The Balaban J connectivity index is 0.000000175. The highest BCUT2D eigenvalue weighted by Gasteiger charge is 2.34. The highest BCUT2D eigenvalue weighted by molar-refractivity contribution is 9.10. The molecule has 0 N–H and O–H groups in total. The molecule has 0 amide bonds. The quantitative estimate of drug-likeness (QED) is 0.209. The van der Waals surface area contributed by atoms with E-state index in [0.717, 1.165) is 33.9 Å². The standard InChI is InChI=1S/C21H16BrN3O4S.C15H13N3O4.C6H5BrS/c1-4-12-15-16(17-19(23-12)24(2)21(29)25(3)20(17)28)13(26)9-14(18(15)27)30-11-7-5-6-10(22)8-11;1-4-7-10-8(19)5-6-9(20)11(10)12-13(16-7)17(2)15(22)18(3)14(12)21;7-5-2-1-3-6(8)4-5/h5-9H,4H2,1-3H3;5-6H,4H2,1-3H3;1-4,8H. The number of aryl methyl sites for hydroxylation is 4. The number of rotatable bonds is 4. The topological polar surface area (TPSA) is 182 Å². The maximum Gasteiger partial charge on any atom is 0.332 e. The number of fused-ring (bicyclic) bond motifs is 6. The Morgan fingerprint density at radius 3 is 1.53 bits per heavy atom. The third-order valence-electron chi connectivity index (χ3n) is 9.67. The van der Waals surface area contributed by atoms with Crippen LogP contribution in [0.25, 0.3) is 22.1 Å². The van der Waals surface area contributed by atoms with E-state index in [-0.39, 0.29) is 60.8 Å². The summed E-state index contributed by atoms with van der Waals surface area (Å²) in [6, 6.07) is 15.2. The summed E-state index contributed by atoms with van der Waals surface area (Å²) in [5.41, 5.74) is -0.927. The minimum Gasteiger partial charge on any atom is -0.289 e. The van der Waals surface area contributed by atoms with Gasteiger partial charge in [-0.3, -0.25) is 47.0 Å². The Kier molecular flexibility index (Phi) is 12.9. The number of carbonyl (C=O) groups is 4. The van der Waals surface area contributed by atoms with Gasteiger partial charge in [0.25, 0.3) is 11.1 Å². The second kappa shape index (κ2) is 17.6. The molecule has 0 saturated carbocycles.